The van der Waals surface area contributed by atoms with E-state index in [0.717, 1.165) is 0 Å². The van der Waals surface area contributed by atoms with Crippen LogP contribution in [0.4, 0.5) is 0 Å². The molecular formula is C11H19NO4. The quantitative estimate of drug-likeness (QED) is 0.513. The lowest BCUT2D eigenvalue weighted by Crippen LogP contribution is -2.59. The molecule has 16 heavy (non-hydrogen) atoms. The van der Waals surface area contributed by atoms with Crippen LogP contribution in [0.3, 0.4) is 0 Å². The lowest BCUT2D eigenvalue weighted by molar-refractivity contribution is -0.193. The van der Waals surface area contributed by atoms with Gasteiger partial charge in [-0.15, -0.1) is 0 Å². The highest BCUT2D eigenvalue weighted by Gasteiger charge is 2.55. The van der Waals surface area contributed by atoms with Gasteiger partial charge in [-0.2, -0.15) is 0 Å². The summed E-state index contributed by atoms with van der Waals surface area (Å²) < 4.78 is 9.66. The summed E-state index contributed by atoms with van der Waals surface area (Å²) in [6.07, 6.45) is 0. The monoisotopic (exact) mass is 229 g/mol. The van der Waals surface area contributed by atoms with E-state index in [1.807, 2.05) is 13.8 Å². The number of amides is 1. The number of nitrogens with zero attached hydrogens (tertiary/aromatic N) is 1. The molecule has 0 N–H and O–H groups in total. The van der Waals surface area contributed by atoms with Gasteiger partial charge in [0.1, 0.15) is 0 Å². The first kappa shape index (κ1) is 13.0. The summed E-state index contributed by atoms with van der Waals surface area (Å²) in [6, 6.07) is 0. The van der Waals surface area contributed by atoms with Crippen molar-refractivity contribution in [1.29, 1.82) is 0 Å². The van der Waals surface area contributed by atoms with E-state index in [4.69, 9.17) is 4.74 Å². The van der Waals surface area contributed by atoms with Crippen LogP contribution in [0.2, 0.25) is 0 Å². The molecule has 1 rings (SSSR count). The zero-order valence-electron chi connectivity index (χ0n) is 10.3. The van der Waals surface area contributed by atoms with Gasteiger partial charge in [0.25, 0.3) is 0 Å². The van der Waals surface area contributed by atoms with Crippen molar-refractivity contribution < 1.29 is 19.1 Å². The van der Waals surface area contributed by atoms with Gasteiger partial charge in [-0.25, -0.2) is 0 Å². The Labute approximate surface area is 95.7 Å². The molecule has 92 valence electrons. The number of hydrogen-bond acceptors (Lipinski definition) is 4. The number of ether oxygens (including phenoxy) is 2. The Morgan fingerprint density at radius 1 is 1.44 bits per heavy atom. The minimum Gasteiger partial charge on any atom is -0.468 e. The van der Waals surface area contributed by atoms with Crippen LogP contribution in [0.5, 0.6) is 0 Å². The van der Waals surface area contributed by atoms with Crippen LogP contribution >= 0.6 is 0 Å². The average molecular weight is 229 g/mol. The molecule has 1 saturated heterocycles. The van der Waals surface area contributed by atoms with Crippen LogP contribution in [0.15, 0.2) is 0 Å². The molecule has 5 heteroatoms. The van der Waals surface area contributed by atoms with Crippen molar-refractivity contribution in [3.05, 3.63) is 0 Å². The summed E-state index contributed by atoms with van der Waals surface area (Å²) in [5.41, 5.74) is -1.10. The maximum absolute atomic E-state index is 12.1. The van der Waals surface area contributed by atoms with E-state index in [1.165, 1.54) is 7.11 Å². The smallest absolute Gasteiger partial charge is 0.326 e. The van der Waals surface area contributed by atoms with E-state index in [9.17, 15) is 9.59 Å². The van der Waals surface area contributed by atoms with Crippen molar-refractivity contribution in [3.8, 4) is 0 Å². The van der Waals surface area contributed by atoms with Crippen molar-refractivity contribution in [2.24, 2.45) is 11.3 Å². The number of methoxy groups -OCH3 is 1. The Morgan fingerprint density at radius 3 is 2.31 bits per heavy atom. The normalized spacial score (nSPS) is 17.8. The molecular weight excluding hydrogens is 210 g/mol. The van der Waals surface area contributed by atoms with Crippen molar-refractivity contribution in [2.45, 2.75) is 13.8 Å². The molecule has 0 radical (unpaired) electrons. The maximum atomic E-state index is 12.1. The Balaban J connectivity index is 2.73. The summed E-state index contributed by atoms with van der Waals surface area (Å²) in [6.45, 7) is 4.91. The van der Waals surface area contributed by atoms with E-state index < -0.39 is 11.4 Å². The standard InChI is InChI=1S/C11H19NO4/c1-8(2)5-12(3)9(13)11(6-16-7-11)10(14)15-4/h8H,5-7H2,1-4H3. The fourth-order valence-corrected chi connectivity index (χ4v) is 1.83. The van der Waals surface area contributed by atoms with Gasteiger partial charge < -0.3 is 14.4 Å². The number of rotatable bonds is 4. The van der Waals surface area contributed by atoms with Crippen LogP contribution in [0.25, 0.3) is 0 Å². The summed E-state index contributed by atoms with van der Waals surface area (Å²) in [5, 5.41) is 0. The van der Waals surface area contributed by atoms with Crippen molar-refractivity contribution in [2.75, 3.05) is 33.9 Å². The van der Waals surface area contributed by atoms with Crippen molar-refractivity contribution in [3.63, 3.8) is 0 Å². The lowest BCUT2D eigenvalue weighted by atomic mass is 9.84. The Morgan fingerprint density at radius 2 is 2.00 bits per heavy atom. The van der Waals surface area contributed by atoms with Crippen molar-refractivity contribution in [1.82, 2.24) is 4.90 Å². The largest absolute Gasteiger partial charge is 0.468 e. The van der Waals surface area contributed by atoms with E-state index >= 15 is 0 Å². The fourth-order valence-electron chi connectivity index (χ4n) is 1.83. The van der Waals surface area contributed by atoms with E-state index in [2.05, 4.69) is 4.74 Å². The first-order chi connectivity index (χ1) is 7.44. The second-order valence-corrected chi connectivity index (χ2v) is 4.65. The molecule has 1 amide bonds. The molecule has 1 aliphatic rings. The number of esters is 1. The molecule has 0 aromatic heterocycles. The van der Waals surface area contributed by atoms with Crippen LogP contribution < -0.4 is 0 Å². The summed E-state index contributed by atoms with van der Waals surface area (Å²) in [5.74, 6) is -0.344. The molecule has 0 bridgehead atoms. The molecule has 0 unspecified atom stereocenters. The zero-order valence-corrected chi connectivity index (χ0v) is 10.3. The molecule has 1 fully saturated rings. The minimum absolute atomic E-state index is 0.126. The molecule has 5 nitrogen and oxygen atoms in total. The van der Waals surface area contributed by atoms with Gasteiger partial charge in [0.05, 0.1) is 20.3 Å². The Kier molecular flexibility index (Phi) is 3.91. The van der Waals surface area contributed by atoms with E-state index in [-0.39, 0.29) is 19.1 Å². The fraction of sp³-hybridized carbons (Fsp3) is 0.818. The SMILES string of the molecule is COC(=O)C1(C(=O)N(C)CC(C)C)COC1. The highest BCUT2D eigenvalue weighted by atomic mass is 16.5. The third-order valence-electron chi connectivity index (χ3n) is 2.67. The van der Waals surface area contributed by atoms with E-state index in [0.29, 0.717) is 12.5 Å². The molecule has 0 aromatic carbocycles. The molecule has 0 aromatic rings. The molecule has 0 spiro atoms. The second kappa shape index (κ2) is 4.82. The minimum atomic E-state index is -1.10. The predicted octanol–water partition coefficient (Wildman–Crippen LogP) is 0.290. The van der Waals surface area contributed by atoms with Gasteiger partial charge in [-0.3, -0.25) is 9.59 Å². The Bertz CT molecular complexity index is 284. The third kappa shape index (κ3) is 2.19. The maximum Gasteiger partial charge on any atom is 0.326 e. The van der Waals surface area contributed by atoms with Gasteiger partial charge >= 0.3 is 5.97 Å². The molecule has 0 saturated carbocycles. The topological polar surface area (TPSA) is 55.8 Å². The van der Waals surface area contributed by atoms with Crippen molar-refractivity contribution >= 4 is 11.9 Å². The molecule has 0 aliphatic carbocycles. The van der Waals surface area contributed by atoms with Crippen LogP contribution in [0, 0.1) is 11.3 Å². The predicted molar refractivity (Wildman–Crippen MR) is 57.7 cm³/mol. The third-order valence-corrected chi connectivity index (χ3v) is 2.67. The van der Waals surface area contributed by atoms with Gasteiger partial charge in [-0.1, -0.05) is 13.8 Å². The number of carbonyl (C=O) groups is 2. The second-order valence-electron chi connectivity index (χ2n) is 4.65. The number of carbonyl (C=O) groups excluding carboxylic acids is 2. The summed E-state index contributed by atoms with van der Waals surface area (Å²) >= 11 is 0. The highest BCUT2D eigenvalue weighted by Crippen LogP contribution is 2.31. The first-order valence-corrected chi connectivity index (χ1v) is 5.36. The molecule has 1 aliphatic heterocycles. The summed E-state index contributed by atoms with van der Waals surface area (Å²) in [4.78, 5) is 25.3. The lowest BCUT2D eigenvalue weighted by Gasteiger charge is -2.39. The Hall–Kier alpha value is -1.10. The molecule has 1 heterocycles. The first-order valence-electron chi connectivity index (χ1n) is 5.36. The van der Waals surface area contributed by atoms with Gasteiger partial charge in [0.2, 0.25) is 5.91 Å². The zero-order chi connectivity index (χ0) is 12.3. The number of hydrogen-bond donors (Lipinski definition) is 0. The highest BCUT2D eigenvalue weighted by molar-refractivity contribution is 6.03. The van der Waals surface area contributed by atoms with Gasteiger partial charge in [0, 0.05) is 13.6 Å². The average Bonchev–Trinajstić information content (AvgIpc) is 2.14. The van der Waals surface area contributed by atoms with Gasteiger partial charge in [0.15, 0.2) is 5.41 Å². The van der Waals surface area contributed by atoms with Crippen LogP contribution in [-0.2, 0) is 19.1 Å². The van der Waals surface area contributed by atoms with Crippen LogP contribution in [-0.4, -0.2) is 50.7 Å². The van der Waals surface area contributed by atoms with Gasteiger partial charge in [-0.05, 0) is 5.92 Å². The molecule has 0 atom stereocenters. The summed E-state index contributed by atoms with van der Waals surface area (Å²) in [7, 11) is 2.99. The van der Waals surface area contributed by atoms with E-state index in [1.54, 1.807) is 11.9 Å². The van der Waals surface area contributed by atoms with Crippen LogP contribution in [0.1, 0.15) is 13.8 Å².